The first kappa shape index (κ1) is 7.22. The van der Waals surface area contributed by atoms with E-state index in [0.717, 1.165) is 12.8 Å². The van der Waals surface area contributed by atoms with E-state index in [2.05, 4.69) is 0 Å². The zero-order valence-corrected chi connectivity index (χ0v) is 6.57. The van der Waals surface area contributed by atoms with E-state index < -0.39 is 11.1 Å². The largest absolute Gasteiger partial charge is 0.306 e. The lowest BCUT2D eigenvalue weighted by Crippen LogP contribution is -2.22. The molecule has 0 aromatic carbocycles. The molecule has 1 rings (SSSR count). The third-order valence-corrected chi connectivity index (χ3v) is 3.72. The van der Waals surface area contributed by atoms with Crippen LogP contribution in [0.5, 0.6) is 0 Å². The first-order valence-electron chi connectivity index (χ1n) is 3.20. The zero-order valence-electron chi connectivity index (χ0n) is 5.76. The van der Waals surface area contributed by atoms with E-state index in [9.17, 15) is 4.21 Å². The van der Waals surface area contributed by atoms with Gasteiger partial charge >= 0.3 is 0 Å². The molecule has 3 heteroatoms. The summed E-state index contributed by atoms with van der Waals surface area (Å²) < 4.78 is 19.2. The van der Waals surface area contributed by atoms with Crippen molar-refractivity contribution in [1.82, 2.24) is 0 Å². The fourth-order valence-corrected chi connectivity index (χ4v) is 1.93. The van der Waals surface area contributed by atoms with E-state index in [0.29, 0.717) is 5.92 Å². The van der Waals surface area contributed by atoms with Gasteiger partial charge in [0.1, 0.15) is 0 Å². The van der Waals surface area contributed by atoms with Crippen molar-refractivity contribution in [2.45, 2.75) is 31.4 Å². The summed E-state index contributed by atoms with van der Waals surface area (Å²) in [6.07, 6.45) is 1.85. The molecular formula is C6H12O2S. The zero-order chi connectivity index (χ0) is 7.07. The maximum absolute atomic E-state index is 10.6. The smallest absolute Gasteiger partial charge is 0.159 e. The van der Waals surface area contributed by atoms with Crippen molar-refractivity contribution in [3.63, 3.8) is 0 Å². The summed E-state index contributed by atoms with van der Waals surface area (Å²) in [7, 11) is 0. The molecule has 1 N–H and O–H groups in total. The van der Waals surface area contributed by atoms with Crippen LogP contribution in [0.4, 0.5) is 0 Å². The lowest BCUT2D eigenvalue weighted by molar-refractivity contribution is 0.500. The molecule has 1 saturated carbocycles. The predicted molar refractivity (Wildman–Crippen MR) is 37.6 cm³/mol. The molecule has 0 bridgehead atoms. The number of hydrogen-bond acceptors (Lipinski definition) is 1. The molecule has 0 aromatic heterocycles. The minimum absolute atomic E-state index is 0.222. The summed E-state index contributed by atoms with van der Waals surface area (Å²) in [5, 5.41) is 0. The predicted octanol–water partition coefficient (Wildman–Crippen LogP) is 1.40. The molecule has 1 aliphatic carbocycles. The van der Waals surface area contributed by atoms with Gasteiger partial charge in [0.25, 0.3) is 0 Å². The van der Waals surface area contributed by atoms with Crippen molar-refractivity contribution in [2.24, 2.45) is 5.92 Å². The van der Waals surface area contributed by atoms with E-state index in [1.54, 1.807) is 0 Å². The summed E-state index contributed by atoms with van der Waals surface area (Å²) in [6, 6.07) is 0. The van der Waals surface area contributed by atoms with Crippen LogP contribution in [0.2, 0.25) is 0 Å². The molecule has 0 aromatic rings. The van der Waals surface area contributed by atoms with Gasteiger partial charge in [-0.3, -0.25) is 0 Å². The Morgan fingerprint density at radius 3 is 2.00 bits per heavy atom. The molecule has 54 valence electrons. The molecule has 0 radical (unpaired) electrons. The van der Waals surface area contributed by atoms with E-state index in [-0.39, 0.29) is 4.75 Å². The Morgan fingerprint density at radius 2 is 2.00 bits per heavy atom. The van der Waals surface area contributed by atoms with E-state index >= 15 is 0 Å². The molecule has 0 saturated heterocycles. The molecule has 1 aliphatic rings. The molecule has 1 fully saturated rings. The van der Waals surface area contributed by atoms with Crippen molar-refractivity contribution in [1.29, 1.82) is 0 Å². The highest BCUT2D eigenvalue weighted by molar-refractivity contribution is 7.81. The van der Waals surface area contributed by atoms with Crippen LogP contribution >= 0.6 is 0 Å². The highest BCUT2D eigenvalue weighted by Gasteiger charge is 2.51. The van der Waals surface area contributed by atoms with Crippen molar-refractivity contribution >= 4 is 11.1 Å². The standard InChI is InChI=1S/C6H12O2S/c1-5(2)6(3-4-6)9(7)8/h5H,3-4H2,1-2H3,(H,7,8). The third kappa shape index (κ3) is 1.03. The van der Waals surface area contributed by atoms with Gasteiger partial charge in [-0.15, -0.1) is 0 Å². The summed E-state index contributed by atoms with van der Waals surface area (Å²) in [5.41, 5.74) is 0. The minimum atomic E-state index is -1.59. The van der Waals surface area contributed by atoms with Crippen molar-refractivity contribution in [3.8, 4) is 0 Å². The average Bonchev–Trinajstić information content (AvgIpc) is 2.40. The summed E-state index contributed by atoms with van der Waals surface area (Å²) >= 11 is -1.59. The Labute approximate surface area is 57.9 Å². The Morgan fingerprint density at radius 1 is 1.56 bits per heavy atom. The molecule has 2 nitrogen and oxygen atoms in total. The Balaban J connectivity index is 2.63. The van der Waals surface area contributed by atoms with E-state index in [1.165, 1.54) is 0 Å². The van der Waals surface area contributed by atoms with Crippen LogP contribution in [0.3, 0.4) is 0 Å². The van der Waals surface area contributed by atoms with Crippen molar-refractivity contribution in [2.75, 3.05) is 0 Å². The van der Waals surface area contributed by atoms with Gasteiger partial charge in [0.05, 0.1) is 4.75 Å². The van der Waals surface area contributed by atoms with Gasteiger partial charge in [-0.05, 0) is 18.8 Å². The van der Waals surface area contributed by atoms with Gasteiger partial charge in [0, 0.05) is 0 Å². The van der Waals surface area contributed by atoms with Crippen LogP contribution < -0.4 is 0 Å². The quantitative estimate of drug-likeness (QED) is 0.601. The Kier molecular flexibility index (Phi) is 1.65. The maximum Gasteiger partial charge on any atom is 0.159 e. The van der Waals surface area contributed by atoms with Gasteiger partial charge in [0.2, 0.25) is 0 Å². The van der Waals surface area contributed by atoms with Crippen molar-refractivity contribution in [3.05, 3.63) is 0 Å². The van der Waals surface area contributed by atoms with Crippen molar-refractivity contribution < 1.29 is 8.76 Å². The van der Waals surface area contributed by atoms with E-state index in [4.69, 9.17) is 4.55 Å². The third-order valence-electron chi connectivity index (χ3n) is 2.14. The molecule has 0 spiro atoms. The topological polar surface area (TPSA) is 37.3 Å². The Bertz CT molecular complexity index is 138. The lowest BCUT2D eigenvalue weighted by Gasteiger charge is -2.13. The summed E-state index contributed by atoms with van der Waals surface area (Å²) in [6.45, 7) is 4.00. The molecule has 0 amide bonds. The second-order valence-corrected chi connectivity index (χ2v) is 4.28. The molecule has 1 atom stereocenters. The number of hydrogen-bond donors (Lipinski definition) is 1. The minimum Gasteiger partial charge on any atom is -0.306 e. The van der Waals surface area contributed by atoms with Gasteiger partial charge in [0.15, 0.2) is 11.1 Å². The summed E-state index contributed by atoms with van der Waals surface area (Å²) in [5.74, 6) is 0.350. The fraction of sp³-hybridized carbons (Fsp3) is 1.00. The second kappa shape index (κ2) is 2.06. The molecular weight excluding hydrogens is 136 g/mol. The lowest BCUT2D eigenvalue weighted by atomic mass is 10.1. The highest BCUT2D eigenvalue weighted by atomic mass is 32.2. The monoisotopic (exact) mass is 148 g/mol. The van der Waals surface area contributed by atoms with Gasteiger partial charge in [-0.2, -0.15) is 0 Å². The van der Waals surface area contributed by atoms with Crippen LogP contribution in [-0.2, 0) is 11.1 Å². The first-order chi connectivity index (χ1) is 4.09. The summed E-state index contributed by atoms with van der Waals surface area (Å²) in [4.78, 5) is 0. The first-order valence-corrected chi connectivity index (χ1v) is 4.31. The maximum atomic E-state index is 10.6. The number of rotatable bonds is 2. The fourth-order valence-electron chi connectivity index (χ4n) is 1.08. The second-order valence-electron chi connectivity index (χ2n) is 2.97. The Hall–Kier alpha value is 0.110. The highest BCUT2D eigenvalue weighted by Crippen LogP contribution is 2.46. The van der Waals surface area contributed by atoms with Gasteiger partial charge in [-0.25, -0.2) is 4.21 Å². The molecule has 0 aliphatic heterocycles. The molecule has 1 unspecified atom stereocenters. The van der Waals surface area contributed by atoms with Crippen LogP contribution in [0, 0.1) is 5.92 Å². The van der Waals surface area contributed by atoms with Crippen LogP contribution in [0.15, 0.2) is 0 Å². The van der Waals surface area contributed by atoms with E-state index in [1.807, 2.05) is 13.8 Å². The van der Waals surface area contributed by atoms with Gasteiger partial charge < -0.3 is 4.55 Å². The average molecular weight is 148 g/mol. The van der Waals surface area contributed by atoms with Gasteiger partial charge in [-0.1, -0.05) is 13.8 Å². The van der Waals surface area contributed by atoms with Crippen LogP contribution in [-0.4, -0.2) is 13.5 Å². The van der Waals surface area contributed by atoms with Crippen LogP contribution in [0.1, 0.15) is 26.7 Å². The SMILES string of the molecule is CC(C)C1(S(=O)O)CC1. The molecule has 9 heavy (non-hydrogen) atoms. The normalized spacial score (nSPS) is 26.2. The van der Waals surface area contributed by atoms with Crippen LogP contribution in [0.25, 0.3) is 0 Å². The molecule has 0 heterocycles.